The first-order chi connectivity index (χ1) is 10.1. The lowest BCUT2D eigenvalue weighted by atomic mass is 9.78. The van der Waals surface area contributed by atoms with Gasteiger partial charge in [0.1, 0.15) is 11.6 Å². The molecular formula is C16H21FN2O2. The van der Waals surface area contributed by atoms with E-state index in [9.17, 15) is 9.18 Å². The van der Waals surface area contributed by atoms with Gasteiger partial charge in [-0.2, -0.15) is 0 Å². The van der Waals surface area contributed by atoms with Crippen LogP contribution in [-0.2, 0) is 11.3 Å². The van der Waals surface area contributed by atoms with Gasteiger partial charge in [0.25, 0.3) is 0 Å². The zero-order valence-electron chi connectivity index (χ0n) is 12.3. The molecule has 0 aliphatic carbocycles. The predicted molar refractivity (Wildman–Crippen MR) is 77.5 cm³/mol. The Morgan fingerprint density at radius 3 is 3.00 bits per heavy atom. The van der Waals surface area contributed by atoms with Gasteiger partial charge in [0.05, 0.1) is 12.5 Å². The Labute approximate surface area is 124 Å². The quantitative estimate of drug-likeness (QED) is 0.925. The van der Waals surface area contributed by atoms with Gasteiger partial charge in [-0.1, -0.05) is 0 Å². The number of methoxy groups -OCH3 is 1. The highest BCUT2D eigenvalue weighted by molar-refractivity contribution is 5.84. The van der Waals surface area contributed by atoms with E-state index in [-0.39, 0.29) is 17.1 Å². The highest BCUT2D eigenvalue weighted by atomic mass is 19.1. The van der Waals surface area contributed by atoms with Crippen LogP contribution >= 0.6 is 0 Å². The van der Waals surface area contributed by atoms with E-state index in [1.165, 1.54) is 6.07 Å². The molecule has 4 nitrogen and oxygen atoms in total. The van der Waals surface area contributed by atoms with Gasteiger partial charge < -0.3 is 15.0 Å². The molecule has 0 radical (unpaired) electrons. The van der Waals surface area contributed by atoms with E-state index in [0.717, 1.165) is 32.4 Å². The second-order valence-corrected chi connectivity index (χ2v) is 5.99. The van der Waals surface area contributed by atoms with Gasteiger partial charge in [-0.15, -0.1) is 0 Å². The Morgan fingerprint density at radius 2 is 2.29 bits per heavy atom. The lowest BCUT2D eigenvalue weighted by Gasteiger charge is -2.39. The number of carbonyl (C=O) groups is 1. The van der Waals surface area contributed by atoms with Crippen molar-refractivity contribution in [2.45, 2.75) is 25.8 Å². The SMILES string of the molecule is COc1ccc(F)c(CN2CCCC3(CCNC3)C2=O)c1. The third-order valence-corrected chi connectivity index (χ3v) is 4.68. The van der Waals surface area contributed by atoms with Crippen molar-refractivity contribution >= 4 is 5.91 Å². The summed E-state index contributed by atoms with van der Waals surface area (Å²) in [6.45, 7) is 2.68. The van der Waals surface area contributed by atoms with Gasteiger partial charge in [0.15, 0.2) is 0 Å². The standard InChI is InChI=1S/C16H21FN2O2/c1-21-13-3-4-14(17)12(9-13)10-19-8-2-5-16(15(19)20)6-7-18-11-16/h3-4,9,18H,2,5-8,10-11H2,1H3. The number of carbonyl (C=O) groups excluding carboxylic acids is 1. The molecule has 21 heavy (non-hydrogen) atoms. The summed E-state index contributed by atoms with van der Waals surface area (Å²) in [4.78, 5) is 14.6. The molecule has 2 saturated heterocycles. The summed E-state index contributed by atoms with van der Waals surface area (Å²) < 4.78 is 19.1. The minimum absolute atomic E-state index is 0.168. The van der Waals surface area contributed by atoms with E-state index in [1.54, 1.807) is 24.1 Å². The molecule has 3 rings (SSSR count). The minimum atomic E-state index is -0.284. The Hall–Kier alpha value is -1.62. The topological polar surface area (TPSA) is 41.6 Å². The second-order valence-electron chi connectivity index (χ2n) is 5.99. The van der Waals surface area contributed by atoms with Crippen LogP contribution in [0.25, 0.3) is 0 Å². The molecular weight excluding hydrogens is 271 g/mol. The van der Waals surface area contributed by atoms with Crippen LogP contribution in [0.2, 0.25) is 0 Å². The highest BCUT2D eigenvalue weighted by Crippen LogP contribution is 2.37. The Morgan fingerprint density at radius 1 is 1.43 bits per heavy atom. The van der Waals surface area contributed by atoms with Crippen molar-refractivity contribution in [2.75, 3.05) is 26.7 Å². The molecule has 1 aromatic carbocycles. The first-order valence-electron chi connectivity index (χ1n) is 7.47. The number of ether oxygens (including phenoxy) is 1. The number of hydrogen-bond acceptors (Lipinski definition) is 3. The first kappa shape index (κ1) is 14.3. The molecule has 0 bridgehead atoms. The third-order valence-electron chi connectivity index (χ3n) is 4.68. The molecule has 1 N–H and O–H groups in total. The molecule has 1 aromatic rings. The number of amides is 1. The maximum absolute atomic E-state index is 14.0. The van der Waals surface area contributed by atoms with Crippen LogP contribution < -0.4 is 10.1 Å². The average Bonchev–Trinajstić information content (AvgIpc) is 2.96. The van der Waals surface area contributed by atoms with Crippen molar-refractivity contribution in [2.24, 2.45) is 5.41 Å². The number of nitrogens with one attached hydrogen (secondary N) is 1. The average molecular weight is 292 g/mol. The van der Waals surface area contributed by atoms with Crippen LogP contribution in [0.1, 0.15) is 24.8 Å². The van der Waals surface area contributed by atoms with Gasteiger partial charge in [0.2, 0.25) is 5.91 Å². The number of piperidine rings is 1. The third kappa shape index (κ3) is 2.62. The Kier molecular flexibility index (Phi) is 3.85. The molecule has 114 valence electrons. The zero-order chi connectivity index (χ0) is 14.9. The van der Waals surface area contributed by atoms with Crippen molar-refractivity contribution in [3.63, 3.8) is 0 Å². The number of rotatable bonds is 3. The number of nitrogens with zero attached hydrogens (tertiary/aromatic N) is 1. The van der Waals surface area contributed by atoms with Gasteiger partial charge in [-0.3, -0.25) is 4.79 Å². The first-order valence-corrected chi connectivity index (χ1v) is 7.47. The van der Waals surface area contributed by atoms with E-state index < -0.39 is 0 Å². The summed E-state index contributed by atoms with van der Waals surface area (Å²) in [5.74, 6) is 0.502. The number of benzene rings is 1. The summed E-state index contributed by atoms with van der Waals surface area (Å²) in [5, 5.41) is 3.29. The van der Waals surface area contributed by atoms with Crippen LogP contribution in [-0.4, -0.2) is 37.6 Å². The summed E-state index contributed by atoms with van der Waals surface area (Å²) in [7, 11) is 1.56. The fourth-order valence-electron chi connectivity index (χ4n) is 3.45. The van der Waals surface area contributed by atoms with Crippen molar-refractivity contribution in [3.05, 3.63) is 29.6 Å². The Balaban J connectivity index is 1.79. The summed E-state index contributed by atoms with van der Waals surface area (Å²) in [6.07, 6.45) is 2.82. The highest BCUT2D eigenvalue weighted by Gasteiger charge is 2.45. The normalized spacial score (nSPS) is 25.6. The summed E-state index contributed by atoms with van der Waals surface area (Å²) in [5.41, 5.74) is 0.263. The van der Waals surface area contributed by atoms with Crippen molar-refractivity contribution < 1.29 is 13.9 Å². The van der Waals surface area contributed by atoms with E-state index in [2.05, 4.69) is 5.32 Å². The second kappa shape index (κ2) is 5.64. The predicted octanol–water partition coefficient (Wildman–Crippen LogP) is 1.94. The molecule has 1 amide bonds. The number of hydrogen-bond donors (Lipinski definition) is 1. The molecule has 0 aromatic heterocycles. The van der Waals surface area contributed by atoms with Crippen LogP contribution in [0.5, 0.6) is 5.75 Å². The van der Waals surface area contributed by atoms with Crippen molar-refractivity contribution in [1.29, 1.82) is 0 Å². The largest absolute Gasteiger partial charge is 0.497 e. The van der Waals surface area contributed by atoms with E-state index in [4.69, 9.17) is 4.74 Å². The fraction of sp³-hybridized carbons (Fsp3) is 0.562. The molecule has 2 aliphatic heterocycles. The van der Waals surface area contributed by atoms with E-state index in [1.807, 2.05) is 0 Å². The fourth-order valence-corrected chi connectivity index (χ4v) is 3.45. The van der Waals surface area contributed by atoms with Gasteiger partial charge in [-0.25, -0.2) is 4.39 Å². The molecule has 5 heteroatoms. The molecule has 1 atom stereocenters. The zero-order valence-corrected chi connectivity index (χ0v) is 12.3. The van der Waals surface area contributed by atoms with Crippen molar-refractivity contribution in [3.8, 4) is 5.75 Å². The smallest absolute Gasteiger partial charge is 0.230 e. The maximum Gasteiger partial charge on any atom is 0.230 e. The van der Waals surface area contributed by atoms with Gasteiger partial charge >= 0.3 is 0 Å². The van der Waals surface area contributed by atoms with Crippen LogP contribution in [0.15, 0.2) is 18.2 Å². The van der Waals surface area contributed by atoms with Crippen molar-refractivity contribution in [1.82, 2.24) is 10.2 Å². The molecule has 1 spiro atoms. The molecule has 2 fully saturated rings. The maximum atomic E-state index is 14.0. The molecule has 2 aliphatic rings. The molecule has 2 heterocycles. The van der Waals surface area contributed by atoms with Gasteiger partial charge in [-0.05, 0) is 44.0 Å². The monoisotopic (exact) mass is 292 g/mol. The van der Waals surface area contributed by atoms with Crippen LogP contribution in [0.4, 0.5) is 4.39 Å². The van der Waals surface area contributed by atoms with E-state index in [0.29, 0.717) is 24.4 Å². The van der Waals surface area contributed by atoms with Crippen LogP contribution in [0.3, 0.4) is 0 Å². The number of halogens is 1. The molecule has 0 saturated carbocycles. The summed E-state index contributed by atoms with van der Waals surface area (Å²) >= 11 is 0. The Bertz CT molecular complexity index is 541. The van der Waals surface area contributed by atoms with E-state index >= 15 is 0 Å². The number of likely N-dealkylation sites (tertiary alicyclic amines) is 1. The lowest BCUT2D eigenvalue weighted by molar-refractivity contribution is -0.145. The minimum Gasteiger partial charge on any atom is -0.497 e. The molecule has 1 unspecified atom stereocenters. The lowest BCUT2D eigenvalue weighted by Crippen LogP contribution is -2.49. The van der Waals surface area contributed by atoms with Gasteiger partial charge in [0, 0.05) is 25.2 Å². The summed E-state index contributed by atoms with van der Waals surface area (Å²) in [6, 6.07) is 4.67. The van der Waals surface area contributed by atoms with Crippen LogP contribution in [0, 0.1) is 11.2 Å².